The number of anilines is 1. The first-order valence-corrected chi connectivity index (χ1v) is 5.75. The summed E-state index contributed by atoms with van der Waals surface area (Å²) in [5.41, 5.74) is 2.20. The van der Waals surface area contributed by atoms with Gasteiger partial charge in [0.05, 0.1) is 12.1 Å². The molecule has 0 amide bonds. The van der Waals surface area contributed by atoms with Gasteiger partial charge in [-0.2, -0.15) is 0 Å². The SMILES string of the molecule is Cc1ccc(Cl)cc1NC1CCCC1O. The summed E-state index contributed by atoms with van der Waals surface area (Å²) in [6.45, 7) is 2.04. The average Bonchev–Trinajstić information content (AvgIpc) is 2.58. The quantitative estimate of drug-likeness (QED) is 0.811. The minimum absolute atomic E-state index is 0.183. The van der Waals surface area contributed by atoms with Gasteiger partial charge in [0.15, 0.2) is 0 Å². The minimum Gasteiger partial charge on any atom is -0.391 e. The summed E-state index contributed by atoms with van der Waals surface area (Å²) in [6.07, 6.45) is 2.81. The van der Waals surface area contributed by atoms with E-state index in [9.17, 15) is 5.11 Å². The number of halogens is 1. The predicted molar refractivity (Wildman–Crippen MR) is 63.5 cm³/mol. The predicted octanol–water partition coefficient (Wildman–Crippen LogP) is 2.97. The lowest BCUT2D eigenvalue weighted by atomic mass is 10.1. The van der Waals surface area contributed by atoms with Crippen molar-refractivity contribution in [2.24, 2.45) is 0 Å². The molecular weight excluding hydrogens is 210 g/mol. The van der Waals surface area contributed by atoms with Crippen LogP contribution in [-0.2, 0) is 0 Å². The summed E-state index contributed by atoms with van der Waals surface area (Å²) in [5, 5.41) is 13.8. The van der Waals surface area contributed by atoms with Gasteiger partial charge in [0, 0.05) is 10.7 Å². The van der Waals surface area contributed by atoms with E-state index < -0.39 is 0 Å². The highest BCUT2D eigenvalue weighted by atomic mass is 35.5. The summed E-state index contributed by atoms with van der Waals surface area (Å²) in [4.78, 5) is 0. The van der Waals surface area contributed by atoms with Crippen LogP contribution in [0.25, 0.3) is 0 Å². The van der Waals surface area contributed by atoms with Crippen molar-refractivity contribution in [1.29, 1.82) is 0 Å². The summed E-state index contributed by atoms with van der Waals surface area (Å²) in [5.74, 6) is 0. The molecule has 1 aliphatic carbocycles. The molecule has 0 aromatic heterocycles. The smallest absolute Gasteiger partial charge is 0.0741 e. The van der Waals surface area contributed by atoms with Crippen molar-refractivity contribution in [2.45, 2.75) is 38.3 Å². The van der Waals surface area contributed by atoms with Crippen molar-refractivity contribution in [2.75, 3.05) is 5.32 Å². The number of aryl methyl sites for hydroxylation is 1. The van der Waals surface area contributed by atoms with Gasteiger partial charge < -0.3 is 10.4 Å². The molecule has 0 bridgehead atoms. The third-order valence-electron chi connectivity index (χ3n) is 3.02. The zero-order valence-corrected chi connectivity index (χ0v) is 9.59. The summed E-state index contributed by atoms with van der Waals surface area (Å²) >= 11 is 5.94. The molecule has 1 saturated carbocycles. The molecule has 2 N–H and O–H groups in total. The fourth-order valence-electron chi connectivity index (χ4n) is 2.06. The highest BCUT2D eigenvalue weighted by Crippen LogP contribution is 2.26. The maximum absolute atomic E-state index is 9.71. The molecule has 0 heterocycles. The number of hydrogen-bond donors (Lipinski definition) is 2. The van der Waals surface area contributed by atoms with Gasteiger partial charge in [0.2, 0.25) is 0 Å². The van der Waals surface area contributed by atoms with E-state index in [2.05, 4.69) is 5.32 Å². The molecule has 15 heavy (non-hydrogen) atoms. The van der Waals surface area contributed by atoms with Gasteiger partial charge in [-0.05, 0) is 43.9 Å². The van der Waals surface area contributed by atoms with E-state index in [1.54, 1.807) is 0 Å². The van der Waals surface area contributed by atoms with Crippen LogP contribution in [0.15, 0.2) is 18.2 Å². The van der Waals surface area contributed by atoms with E-state index in [4.69, 9.17) is 11.6 Å². The van der Waals surface area contributed by atoms with Crippen molar-refractivity contribution in [3.63, 3.8) is 0 Å². The molecular formula is C12H16ClNO. The van der Waals surface area contributed by atoms with Crippen molar-refractivity contribution in [3.05, 3.63) is 28.8 Å². The zero-order valence-electron chi connectivity index (χ0n) is 8.83. The number of aliphatic hydroxyl groups excluding tert-OH is 1. The van der Waals surface area contributed by atoms with Gasteiger partial charge in [0.1, 0.15) is 0 Å². The molecule has 1 aromatic carbocycles. The fraction of sp³-hybridized carbons (Fsp3) is 0.500. The molecule has 3 heteroatoms. The Labute approximate surface area is 95.3 Å². The average molecular weight is 226 g/mol. The topological polar surface area (TPSA) is 32.3 Å². The van der Waals surface area contributed by atoms with Crippen LogP contribution in [0.3, 0.4) is 0 Å². The van der Waals surface area contributed by atoms with Gasteiger partial charge in [-0.25, -0.2) is 0 Å². The number of benzene rings is 1. The van der Waals surface area contributed by atoms with Gasteiger partial charge in [-0.1, -0.05) is 17.7 Å². The molecule has 2 atom stereocenters. The van der Waals surface area contributed by atoms with Crippen LogP contribution in [0, 0.1) is 6.92 Å². The number of nitrogens with one attached hydrogen (secondary N) is 1. The standard InChI is InChI=1S/C12H16ClNO/c1-8-5-6-9(13)7-11(8)14-10-3-2-4-12(10)15/h5-7,10,12,14-15H,2-4H2,1H3. The van der Waals surface area contributed by atoms with E-state index in [1.165, 1.54) is 5.56 Å². The second-order valence-corrected chi connectivity index (χ2v) is 4.64. The van der Waals surface area contributed by atoms with Crippen LogP contribution < -0.4 is 5.32 Å². The first-order chi connectivity index (χ1) is 7.16. The van der Waals surface area contributed by atoms with Crippen LogP contribution in [-0.4, -0.2) is 17.3 Å². The molecule has 1 fully saturated rings. The van der Waals surface area contributed by atoms with E-state index >= 15 is 0 Å². The Balaban J connectivity index is 2.12. The Morgan fingerprint density at radius 2 is 2.20 bits per heavy atom. The lowest BCUT2D eigenvalue weighted by Crippen LogP contribution is -2.28. The molecule has 1 aliphatic rings. The van der Waals surface area contributed by atoms with Crippen molar-refractivity contribution in [1.82, 2.24) is 0 Å². The Morgan fingerprint density at radius 1 is 1.40 bits per heavy atom. The minimum atomic E-state index is -0.219. The van der Waals surface area contributed by atoms with E-state index in [0.29, 0.717) is 0 Å². The Kier molecular flexibility index (Phi) is 3.17. The summed E-state index contributed by atoms with van der Waals surface area (Å²) < 4.78 is 0. The van der Waals surface area contributed by atoms with Gasteiger partial charge >= 0.3 is 0 Å². The molecule has 0 spiro atoms. The van der Waals surface area contributed by atoms with Crippen LogP contribution in [0.2, 0.25) is 5.02 Å². The molecule has 0 radical (unpaired) electrons. The first-order valence-electron chi connectivity index (χ1n) is 5.37. The lowest BCUT2D eigenvalue weighted by molar-refractivity contribution is 0.172. The number of hydrogen-bond acceptors (Lipinski definition) is 2. The maximum atomic E-state index is 9.71. The van der Waals surface area contributed by atoms with Gasteiger partial charge in [0.25, 0.3) is 0 Å². The number of rotatable bonds is 2. The summed E-state index contributed by atoms with van der Waals surface area (Å²) in [7, 11) is 0. The van der Waals surface area contributed by atoms with Crippen LogP contribution in [0.4, 0.5) is 5.69 Å². The zero-order chi connectivity index (χ0) is 10.8. The molecule has 1 aromatic rings. The lowest BCUT2D eigenvalue weighted by Gasteiger charge is -2.19. The number of aliphatic hydroxyl groups is 1. The van der Waals surface area contributed by atoms with Gasteiger partial charge in [-0.3, -0.25) is 0 Å². The monoisotopic (exact) mass is 225 g/mol. The molecule has 2 nitrogen and oxygen atoms in total. The van der Waals surface area contributed by atoms with Gasteiger partial charge in [-0.15, -0.1) is 0 Å². The molecule has 2 unspecified atom stereocenters. The third-order valence-corrected chi connectivity index (χ3v) is 3.26. The normalized spacial score (nSPS) is 25.5. The first kappa shape index (κ1) is 10.8. The maximum Gasteiger partial charge on any atom is 0.0741 e. The Morgan fingerprint density at radius 3 is 2.87 bits per heavy atom. The van der Waals surface area contributed by atoms with Crippen LogP contribution in [0.5, 0.6) is 0 Å². The molecule has 82 valence electrons. The molecule has 0 saturated heterocycles. The fourth-order valence-corrected chi connectivity index (χ4v) is 2.23. The van der Waals surface area contributed by atoms with E-state index in [-0.39, 0.29) is 12.1 Å². The highest BCUT2D eigenvalue weighted by Gasteiger charge is 2.25. The third kappa shape index (κ3) is 2.44. The van der Waals surface area contributed by atoms with Crippen molar-refractivity contribution >= 4 is 17.3 Å². The Bertz CT molecular complexity index is 353. The largest absolute Gasteiger partial charge is 0.391 e. The summed E-state index contributed by atoms with van der Waals surface area (Å²) in [6, 6.07) is 5.98. The van der Waals surface area contributed by atoms with E-state index in [0.717, 1.165) is 30.0 Å². The van der Waals surface area contributed by atoms with Crippen molar-refractivity contribution < 1.29 is 5.11 Å². The second-order valence-electron chi connectivity index (χ2n) is 4.21. The highest BCUT2D eigenvalue weighted by molar-refractivity contribution is 6.30. The second kappa shape index (κ2) is 4.42. The van der Waals surface area contributed by atoms with Crippen LogP contribution in [0.1, 0.15) is 24.8 Å². The van der Waals surface area contributed by atoms with E-state index in [1.807, 2.05) is 25.1 Å². The van der Waals surface area contributed by atoms with Crippen molar-refractivity contribution in [3.8, 4) is 0 Å². The van der Waals surface area contributed by atoms with Crippen LogP contribution >= 0.6 is 11.6 Å². The molecule has 2 rings (SSSR count). The molecule has 0 aliphatic heterocycles. The Hall–Kier alpha value is -0.730.